The molecule has 0 unspecified atom stereocenters. The molecule has 3 heteroatoms. The van der Waals surface area contributed by atoms with Crippen molar-refractivity contribution < 1.29 is 9.18 Å². The van der Waals surface area contributed by atoms with Crippen LogP contribution in [0.1, 0.15) is 0 Å². The molecule has 1 atom stereocenters. The smallest absolute Gasteiger partial charge is 0.252 e. The highest BCUT2D eigenvalue weighted by atomic mass is 35.5. The second kappa shape index (κ2) is 2.15. The third-order valence-corrected chi connectivity index (χ3v) is 0.178. The topological polar surface area (TPSA) is 17.1 Å². The van der Waals surface area contributed by atoms with Gasteiger partial charge in [-0.3, -0.25) is 4.79 Å². The van der Waals surface area contributed by atoms with E-state index in [-0.39, 0.29) is 0 Å². The van der Waals surface area contributed by atoms with Crippen LogP contribution in [0.15, 0.2) is 0 Å². The Hall–Kier alpha value is -0.110. The van der Waals surface area contributed by atoms with E-state index in [2.05, 4.69) is 11.6 Å². The van der Waals surface area contributed by atoms with Crippen molar-refractivity contribution in [2.45, 2.75) is 5.63 Å². The van der Waals surface area contributed by atoms with Crippen LogP contribution in [-0.2, 0) is 4.79 Å². The molecule has 0 aromatic heterocycles. The van der Waals surface area contributed by atoms with Gasteiger partial charge in [0.25, 0.3) is 6.29 Å². The lowest BCUT2D eigenvalue weighted by molar-refractivity contribution is 0.480. The molecule has 0 bridgehead atoms. The monoisotopic (exact) mass is 95.0 g/mol. The third-order valence-electron chi connectivity index (χ3n) is 0.0891. The van der Waals surface area contributed by atoms with Crippen LogP contribution in [0.25, 0.3) is 0 Å². The highest BCUT2D eigenvalue weighted by Crippen LogP contribution is 1.87. The van der Waals surface area contributed by atoms with Crippen LogP contribution in [0.5, 0.6) is 0 Å². The molecule has 0 aromatic carbocycles. The van der Waals surface area contributed by atoms with Crippen LogP contribution in [0.4, 0.5) is 4.39 Å². The van der Waals surface area contributed by atoms with Gasteiger partial charge in [0.1, 0.15) is 0 Å². The van der Waals surface area contributed by atoms with Gasteiger partial charge in [-0.15, -0.1) is 0 Å². The fraction of sp³-hybridized carbons (Fsp3) is 0.500. The van der Waals surface area contributed by atoms with E-state index in [4.69, 9.17) is 4.79 Å². The van der Waals surface area contributed by atoms with Crippen LogP contribution in [0.3, 0.4) is 0 Å². The maximum atomic E-state index is 10.8. The number of carbonyl (C=O) groups excluding carboxylic acids is 1. The Morgan fingerprint density at radius 3 is 2.20 bits per heavy atom. The van der Waals surface area contributed by atoms with Crippen molar-refractivity contribution >= 4 is 17.9 Å². The summed E-state index contributed by atoms with van der Waals surface area (Å²) < 4.78 is 10.8. The minimum Gasteiger partial charge on any atom is -0.286 e. The van der Waals surface area contributed by atoms with Crippen LogP contribution in [0.2, 0.25) is 0 Å². The van der Waals surface area contributed by atoms with Crippen molar-refractivity contribution in [2.24, 2.45) is 0 Å². The Kier molecular flexibility index (Phi) is 2.10. The molecule has 29 valence electrons. The Labute approximate surface area is 33.7 Å². The molecule has 0 aromatic rings. The fourth-order valence-corrected chi connectivity index (χ4v) is 0. The van der Waals surface area contributed by atoms with Gasteiger partial charge >= 0.3 is 0 Å². The first-order chi connectivity index (χ1) is 2.27. The molecule has 0 N–H and O–H groups in total. The molecular formula is C2HClFO. The number of alkyl halides is 2. The molecule has 0 amide bonds. The summed E-state index contributed by atoms with van der Waals surface area (Å²) in [5.74, 6) is 0. The normalized spacial score (nSPS) is 14.0. The van der Waals surface area contributed by atoms with Crippen molar-refractivity contribution in [3.63, 3.8) is 0 Å². The van der Waals surface area contributed by atoms with Gasteiger partial charge in [-0.25, -0.2) is 4.39 Å². The summed E-state index contributed by atoms with van der Waals surface area (Å²) in [5.41, 5.74) is -1.95. The van der Waals surface area contributed by atoms with E-state index in [1.165, 1.54) is 0 Å². The maximum absolute atomic E-state index is 10.8. The fourth-order valence-electron chi connectivity index (χ4n) is 0. The summed E-state index contributed by atoms with van der Waals surface area (Å²) in [6.07, 6.45) is 0.877. The minimum atomic E-state index is -1.95. The first kappa shape index (κ1) is 4.89. The lowest BCUT2D eigenvalue weighted by Gasteiger charge is -1.69. The number of hydrogen-bond donors (Lipinski definition) is 0. The molecule has 0 heterocycles. The Balaban J connectivity index is 2.83. The van der Waals surface area contributed by atoms with Crippen molar-refractivity contribution in [3.8, 4) is 0 Å². The average Bonchev–Trinajstić information content (AvgIpc) is 1.38. The van der Waals surface area contributed by atoms with E-state index in [1.54, 1.807) is 0 Å². The van der Waals surface area contributed by atoms with Crippen molar-refractivity contribution in [3.05, 3.63) is 0 Å². The predicted octanol–water partition coefficient (Wildman–Crippen LogP) is 0.630. The zero-order valence-electron chi connectivity index (χ0n) is 2.24. The zero-order valence-corrected chi connectivity index (χ0v) is 3.00. The lowest BCUT2D eigenvalue weighted by atomic mass is 10.9. The van der Waals surface area contributed by atoms with Gasteiger partial charge in [-0.2, -0.15) is 0 Å². The average molecular weight is 95.5 g/mol. The van der Waals surface area contributed by atoms with Crippen molar-refractivity contribution in [1.82, 2.24) is 0 Å². The molecule has 0 aliphatic heterocycles. The lowest BCUT2D eigenvalue weighted by Crippen LogP contribution is -1.83. The van der Waals surface area contributed by atoms with Crippen LogP contribution in [0, 0.1) is 0 Å². The second-order valence-corrected chi connectivity index (χ2v) is 0.802. The molecule has 0 saturated carbocycles. The van der Waals surface area contributed by atoms with Crippen molar-refractivity contribution in [1.29, 1.82) is 0 Å². The van der Waals surface area contributed by atoms with Gasteiger partial charge in [0, 0.05) is 0 Å². The Morgan fingerprint density at radius 2 is 2.20 bits per heavy atom. The summed E-state index contributed by atoms with van der Waals surface area (Å²) >= 11 is 4.37. The molecule has 0 aliphatic carbocycles. The quantitative estimate of drug-likeness (QED) is 0.437. The standard InChI is InChI=1S/C2HClFO/c3-2(4)1-5/h2H/t2-/m1/s1. The molecule has 0 rings (SSSR count). The molecule has 0 fully saturated rings. The maximum Gasteiger partial charge on any atom is 0.252 e. The molecule has 5 heavy (non-hydrogen) atoms. The molecule has 1 nitrogen and oxygen atoms in total. The largest absolute Gasteiger partial charge is 0.286 e. The van der Waals surface area contributed by atoms with Gasteiger partial charge in [0.2, 0.25) is 5.63 Å². The first-order valence-electron chi connectivity index (χ1n) is 0.929. The van der Waals surface area contributed by atoms with E-state index >= 15 is 0 Å². The summed E-state index contributed by atoms with van der Waals surface area (Å²) in [7, 11) is 0. The SMILES string of the molecule is O=[C][C@@H](F)Cl. The van der Waals surface area contributed by atoms with Gasteiger partial charge in [-0.05, 0) is 0 Å². The molecule has 0 spiro atoms. The number of rotatable bonds is 1. The zero-order chi connectivity index (χ0) is 4.28. The van der Waals surface area contributed by atoms with E-state index in [1.807, 2.05) is 0 Å². The summed E-state index contributed by atoms with van der Waals surface area (Å²) in [5, 5.41) is 0. The van der Waals surface area contributed by atoms with Crippen LogP contribution < -0.4 is 0 Å². The molecule has 1 radical (unpaired) electrons. The minimum absolute atomic E-state index is 0.877. The second-order valence-electron chi connectivity index (χ2n) is 0.419. The summed E-state index contributed by atoms with van der Waals surface area (Å²) in [4.78, 5) is 8.87. The molecule has 0 saturated heterocycles. The summed E-state index contributed by atoms with van der Waals surface area (Å²) in [6.45, 7) is 0. The number of hydrogen-bond acceptors (Lipinski definition) is 1. The van der Waals surface area contributed by atoms with Crippen molar-refractivity contribution in [2.75, 3.05) is 0 Å². The van der Waals surface area contributed by atoms with Gasteiger partial charge in [0.15, 0.2) is 0 Å². The van der Waals surface area contributed by atoms with Crippen LogP contribution in [-0.4, -0.2) is 11.9 Å². The van der Waals surface area contributed by atoms with Gasteiger partial charge < -0.3 is 0 Å². The van der Waals surface area contributed by atoms with E-state index in [0.717, 1.165) is 6.29 Å². The van der Waals surface area contributed by atoms with E-state index in [9.17, 15) is 4.39 Å². The highest BCUT2D eigenvalue weighted by molar-refractivity contribution is 6.26. The Morgan fingerprint density at radius 1 is 2.00 bits per heavy atom. The predicted molar refractivity (Wildman–Crippen MR) is 16.4 cm³/mol. The summed E-state index contributed by atoms with van der Waals surface area (Å²) in [6, 6.07) is 0. The number of halogens is 2. The van der Waals surface area contributed by atoms with E-state index in [0.29, 0.717) is 0 Å². The third kappa shape index (κ3) is 3.89. The first-order valence-corrected chi connectivity index (χ1v) is 1.37. The van der Waals surface area contributed by atoms with Crippen LogP contribution >= 0.6 is 11.6 Å². The van der Waals surface area contributed by atoms with Gasteiger partial charge in [0.05, 0.1) is 0 Å². The van der Waals surface area contributed by atoms with E-state index < -0.39 is 5.63 Å². The highest BCUT2D eigenvalue weighted by Gasteiger charge is 1.91. The molecule has 0 aliphatic rings. The Bertz CT molecular complexity index is 36.6. The molecular weight excluding hydrogens is 94.5 g/mol. The van der Waals surface area contributed by atoms with Gasteiger partial charge in [-0.1, -0.05) is 11.6 Å².